The quantitative estimate of drug-likeness (QED) is 0.877. The number of carboxylic acids is 1. The minimum absolute atomic E-state index is 0.229. The van der Waals surface area contributed by atoms with Crippen LogP contribution in [0.2, 0.25) is 0 Å². The number of hydrogen-bond donors (Lipinski definition) is 2. The second kappa shape index (κ2) is 6.26. The number of carboxylic acid groups (broad SMARTS) is 1. The lowest BCUT2D eigenvalue weighted by atomic mass is 9.97. The number of nitrogens with one attached hydrogen (secondary N) is 1. The fourth-order valence-electron chi connectivity index (χ4n) is 3.11. The molecule has 1 aromatic rings. The van der Waals surface area contributed by atoms with Crippen LogP contribution in [0.5, 0.6) is 0 Å². The SMILES string of the molecule is O=C(O)C1CCCN(Cc2ccccc2C2=NCCN2)C1. The Morgan fingerprint density at radius 3 is 3.05 bits per heavy atom. The van der Waals surface area contributed by atoms with Crippen molar-refractivity contribution in [3.8, 4) is 0 Å². The molecule has 2 heterocycles. The van der Waals surface area contributed by atoms with Gasteiger partial charge in [-0.2, -0.15) is 0 Å². The van der Waals surface area contributed by atoms with E-state index in [4.69, 9.17) is 0 Å². The van der Waals surface area contributed by atoms with Crippen LogP contribution in [-0.4, -0.2) is 48.0 Å². The first-order valence-electron chi connectivity index (χ1n) is 7.56. The molecule has 3 rings (SSSR count). The van der Waals surface area contributed by atoms with Gasteiger partial charge in [-0.3, -0.25) is 14.7 Å². The van der Waals surface area contributed by atoms with Crippen LogP contribution in [0.3, 0.4) is 0 Å². The lowest BCUT2D eigenvalue weighted by Crippen LogP contribution is -2.38. The van der Waals surface area contributed by atoms with Crippen molar-refractivity contribution in [2.75, 3.05) is 26.2 Å². The fraction of sp³-hybridized carbons (Fsp3) is 0.500. The summed E-state index contributed by atoms with van der Waals surface area (Å²) < 4.78 is 0. The van der Waals surface area contributed by atoms with E-state index in [-0.39, 0.29) is 5.92 Å². The number of benzene rings is 1. The van der Waals surface area contributed by atoms with E-state index in [1.54, 1.807) is 0 Å². The van der Waals surface area contributed by atoms with Gasteiger partial charge in [0.1, 0.15) is 5.84 Å². The molecule has 21 heavy (non-hydrogen) atoms. The average Bonchev–Trinajstić information content (AvgIpc) is 3.02. The molecule has 0 radical (unpaired) electrons. The number of nitrogens with zero attached hydrogens (tertiary/aromatic N) is 2. The van der Waals surface area contributed by atoms with Crippen LogP contribution in [-0.2, 0) is 11.3 Å². The maximum absolute atomic E-state index is 11.2. The summed E-state index contributed by atoms with van der Waals surface area (Å²) in [6.45, 7) is 4.13. The summed E-state index contributed by atoms with van der Waals surface area (Å²) in [5.41, 5.74) is 2.36. The normalized spacial score (nSPS) is 22.7. The van der Waals surface area contributed by atoms with E-state index in [2.05, 4.69) is 27.3 Å². The minimum Gasteiger partial charge on any atom is -0.481 e. The zero-order valence-electron chi connectivity index (χ0n) is 12.1. The largest absolute Gasteiger partial charge is 0.481 e. The molecule has 0 spiro atoms. The molecule has 2 aliphatic heterocycles. The molecule has 112 valence electrons. The topological polar surface area (TPSA) is 64.9 Å². The molecule has 5 nitrogen and oxygen atoms in total. The van der Waals surface area contributed by atoms with Gasteiger partial charge in [-0.15, -0.1) is 0 Å². The Bertz CT molecular complexity index is 556. The molecule has 0 bridgehead atoms. The molecule has 0 aliphatic carbocycles. The molecule has 1 atom stereocenters. The van der Waals surface area contributed by atoms with Crippen LogP contribution in [0.1, 0.15) is 24.0 Å². The Morgan fingerprint density at radius 1 is 1.43 bits per heavy atom. The van der Waals surface area contributed by atoms with Gasteiger partial charge in [0.15, 0.2) is 0 Å². The van der Waals surface area contributed by atoms with Crippen molar-refractivity contribution >= 4 is 11.8 Å². The van der Waals surface area contributed by atoms with Crippen molar-refractivity contribution < 1.29 is 9.90 Å². The van der Waals surface area contributed by atoms with E-state index in [9.17, 15) is 9.90 Å². The Kier molecular flexibility index (Phi) is 4.20. The lowest BCUT2D eigenvalue weighted by molar-refractivity contribution is -0.143. The van der Waals surface area contributed by atoms with Crippen molar-refractivity contribution in [1.82, 2.24) is 10.2 Å². The monoisotopic (exact) mass is 287 g/mol. The number of piperidine rings is 1. The molecule has 0 saturated carbocycles. The van der Waals surface area contributed by atoms with E-state index < -0.39 is 5.97 Å². The zero-order valence-corrected chi connectivity index (χ0v) is 12.1. The number of aliphatic carboxylic acids is 1. The Morgan fingerprint density at radius 2 is 2.29 bits per heavy atom. The Balaban J connectivity index is 1.74. The molecular formula is C16H21N3O2. The number of aliphatic imine (C=N–C) groups is 1. The molecule has 5 heteroatoms. The first-order chi connectivity index (χ1) is 10.2. The van der Waals surface area contributed by atoms with Gasteiger partial charge in [0.25, 0.3) is 0 Å². The van der Waals surface area contributed by atoms with Gasteiger partial charge in [0, 0.05) is 25.2 Å². The molecule has 2 N–H and O–H groups in total. The van der Waals surface area contributed by atoms with Crippen molar-refractivity contribution in [3.05, 3.63) is 35.4 Å². The molecular weight excluding hydrogens is 266 g/mol. The third-order valence-electron chi connectivity index (χ3n) is 4.20. The van der Waals surface area contributed by atoms with Gasteiger partial charge in [-0.25, -0.2) is 0 Å². The first-order valence-corrected chi connectivity index (χ1v) is 7.56. The highest BCUT2D eigenvalue weighted by Gasteiger charge is 2.26. The maximum Gasteiger partial charge on any atom is 0.307 e. The minimum atomic E-state index is -0.671. The number of hydrogen-bond acceptors (Lipinski definition) is 4. The van der Waals surface area contributed by atoms with Crippen LogP contribution in [0, 0.1) is 5.92 Å². The van der Waals surface area contributed by atoms with E-state index in [0.29, 0.717) is 6.54 Å². The predicted molar refractivity (Wildman–Crippen MR) is 81.5 cm³/mol. The molecule has 0 aromatic heterocycles. The first kappa shape index (κ1) is 14.1. The third-order valence-corrected chi connectivity index (χ3v) is 4.20. The van der Waals surface area contributed by atoms with Crippen molar-refractivity contribution in [3.63, 3.8) is 0 Å². The van der Waals surface area contributed by atoms with E-state index in [1.807, 2.05) is 12.1 Å². The summed E-state index contributed by atoms with van der Waals surface area (Å²) in [6.07, 6.45) is 1.75. The average molecular weight is 287 g/mol. The summed E-state index contributed by atoms with van der Waals surface area (Å²) in [5.74, 6) is 0.0695. The number of carbonyl (C=O) groups is 1. The van der Waals surface area contributed by atoms with Crippen molar-refractivity contribution in [2.24, 2.45) is 10.9 Å². The van der Waals surface area contributed by atoms with Crippen molar-refractivity contribution in [2.45, 2.75) is 19.4 Å². The molecule has 1 unspecified atom stereocenters. The van der Waals surface area contributed by atoms with E-state index in [1.165, 1.54) is 5.56 Å². The van der Waals surface area contributed by atoms with Crippen LogP contribution in [0.15, 0.2) is 29.3 Å². The lowest BCUT2D eigenvalue weighted by Gasteiger charge is -2.31. The van der Waals surface area contributed by atoms with Gasteiger partial charge >= 0.3 is 5.97 Å². The molecule has 2 aliphatic rings. The Hall–Kier alpha value is -1.88. The smallest absolute Gasteiger partial charge is 0.307 e. The van der Waals surface area contributed by atoms with Gasteiger partial charge in [0.2, 0.25) is 0 Å². The molecule has 0 amide bonds. The number of likely N-dealkylation sites (tertiary alicyclic amines) is 1. The van der Waals surface area contributed by atoms with Crippen LogP contribution >= 0.6 is 0 Å². The zero-order chi connectivity index (χ0) is 14.7. The van der Waals surface area contributed by atoms with Crippen molar-refractivity contribution in [1.29, 1.82) is 0 Å². The highest BCUT2D eigenvalue weighted by molar-refractivity contribution is 6.00. The highest BCUT2D eigenvalue weighted by atomic mass is 16.4. The highest BCUT2D eigenvalue weighted by Crippen LogP contribution is 2.20. The van der Waals surface area contributed by atoms with Gasteiger partial charge in [-0.1, -0.05) is 24.3 Å². The second-order valence-electron chi connectivity index (χ2n) is 5.73. The summed E-state index contributed by atoms with van der Waals surface area (Å²) in [7, 11) is 0. The summed E-state index contributed by atoms with van der Waals surface area (Å²) in [5, 5.41) is 12.5. The molecule has 1 aromatic carbocycles. The van der Waals surface area contributed by atoms with E-state index in [0.717, 1.165) is 50.4 Å². The predicted octanol–water partition coefficient (Wildman–Crippen LogP) is 1.33. The summed E-state index contributed by atoms with van der Waals surface area (Å²) in [6, 6.07) is 8.26. The van der Waals surface area contributed by atoms with E-state index >= 15 is 0 Å². The Labute approximate surface area is 124 Å². The maximum atomic E-state index is 11.2. The third kappa shape index (κ3) is 3.24. The molecule has 1 fully saturated rings. The number of rotatable bonds is 4. The molecule has 1 saturated heterocycles. The number of amidine groups is 1. The summed E-state index contributed by atoms with van der Waals surface area (Å²) >= 11 is 0. The fourth-order valence-corrected chi connectivity index (χ4v) is 3.11. The summed E-state index contributed by atoms with van der Waals surface area (Å²) in [4.78, 5) is 17.9. The van der Waals surface area contributed by atoms with Crippen LogP contribution < -0.4 is 5.32 Å². The standard InChI is InChI=1S/C16H21N3O2/c20-16(21)13-5-3-9-19(11-13)10-12-4-1-2-6-14(12)15-17-7-8-18-15/h1-2,4,6,13H,3,5,7-11H2,(H,17,18)(H,20,21). The van der Waals surface area contributed by atoms with Gasteiger partial charge in [0.05, 0.1) is 12.5 Å². The second-order valence-corrected chi connectivity index (χ2v) is 5.73. The van der Waals surface area contributed by atoms with Crippen LogP contribution in [0.4, 0.5) is 0 Å². The van der Waals surface area contributed by atoms with Gasteiger partial charge in [-0.05, 0) is 24.9 Å². The van der Waals surface area contributed by atoms with Gasteiger partial charge < -0.3 is 10.4 Å². The van der Waals surface area contributed by atoms with Crippen LogP contribution in [0.25, 0.3) is 0 Å².